The number of para-hydroxylation sites is 1. The van der Waals surface area contributed by atoms with Gasteiger partial charge in [-0.15, -0.1) is 0 Å². The molecule has 1 fully saturated rings. The SMILES string of the molecule is CCc1cc(=O)n(CC(=O)N2CCc3ccccc32)c(N2CCOCC2)n1. The van der Waals surface area contributed by atoms with Crippen molar-refractivity contribution < 1.29 is 9.53 Å². The molecule has 0 atom stereocenters. The minimum Gasteiger partial charge on any atom is -0.378 e. The van der Waals surface area contributed by atoms with E-state index in [1.807, 2.05) is 36.1 Å². The van der Waals surface area contributed by atoms with E-state index >= 15 is 0 Å². The molecule has 7 nitrogen and oxygen atoms in total. The van der Waals surface area contributed by atoms with Gasteiger partial charge >= 0.3 is 0 Å². The summed E-state index contributed by atoms with van der Waals surface area (Å²) in [6, 6.07) is 9.47. The molecule has 1 aromatic heterocycles. The summed E-state index contributed by atoms with van der Waals surface area (Å²) in [6.45, 7) is 5.15. The Kier molecular flexibility index (Phi) is 4.94. The Balaban J connectivity index is 1.65. The van der Waals surface area contributed by atoms with Gasteiger partial charge in [-0.05, 0) is 24.5 Å². The Morgan fingerprint density at radius 2 is 1.96 bits per heavy atom. The number of aromatic nitrogens is 2. The molecule has 1 amide bonds. The van der Waals surface area contributed by atoms with Crippen LogP contribution in [0.2, 0.25) is 0 Å². The molecule has 1 saturated heterocycles. The lowest BCUT2D eigenvalue weighted by Crippen LogP contribution is -2.43. The minimum atomic E-state index is -0.177. The van der Waals surface area contributed by atoms with E-state index in [2.05, 4.69) is 4.98 Å². The van der Waals surface area contributed by atoms with Crippen LogP contribution in [-0.2, 0) is 28.9 Å². The van der Waals surface area contributed by atoms with E-state index in [0.29, 0.717) is 45.2 Å². The molecule has 2 aromatic rings. The van der Waals surface area contributed by atoms with Crippen LogP contribution >= 0.6 is 0 Å². The lowest BCUT2D eigenvalue weighted by atomic mass is 10.2. The summed E-state index contributed by atoms with van der Waals surface area (Å²) in [4.78, 5) is 34.2. The molecule has 7 heteroatoms. The van der Waals surface area contributed by atoms with Crippen molar-refractivity contribution in [3.05, 3.63) is 51.9 Å². The quantitative estimate of drug-likeness (QED) is 0.812. The second-order valence-electron chi connectivity index (χ2n) is 6.85. The summed E-state index contributed by atoms with van der Waals surface area (Å²) in [5.74, 6) is 0.492. The van der Waals surface area contributed by atoms with Gasteiger partial charge in [0, 0.05) is 37.1 Å². The third-order valence-electron chi connectivity index (χ3n) is 5.18. The second-order valence-corrected chi connectivity index (χ2v) is 6.85. The molecular weight excluding hydrogens is 344 g/mol. The highest BCUT2D eigenvalue weighted by Crippen LogP contribution is 2.27. The largest absolute Gasteiger partial charge is 0.378 e. The summed E-state index contributed by atoms with van der Waals surface area (Å²) >= 11 is 0. The summed E-state index contributed by atoms with van der Waals surface area (Å²) in [6.07, 6.45) is 1.53. The zero-order valence-electron chi connectivity index (χ0n) is 15.6. The van der Waals surface area contributed by atoms with Gasteiger partial charge in [0.25, 0.3) is 5.56 Å². The second kappa shape index (κ2) is 7.52. The summed E-state index contributed by atoms with van der Waals surface area (Å²) in [5.41, 5.74) is 2.69. The average molecular weight is 368 g/mol. The molecule has 0 unspecified atom stereocenters. The Morgan fingerprint density at radius 1 is 1.19 bits per heavy atom. The minimum absolute atomic E-state index is 0.00312. The van der Waals surface area contributed by atoms with Crippen molar-refractivity contribution in [2.24, 2.45) is 0 Å². The maximum Gasteiger partial charge on any atom is 0.255 e. The number of benzene rings is 1. The highest BCUT2D eigenvalue weighted by atomic mass is 16.5. The molecule has 2 aliphatic heterocycles. The number of anilines is 2. The van der Waals surface area contributed by atoms with Crippen LogP contribution in [0.3, 0.4) is 0 Å². The topological polar surface area (TPSA) is 67.7 Å². The number of nitrogens with zero attached hydrogens (tertiary/aromatic N) is 4. The van der Waals surface area contributed by atoms with Gasteiger partial charge in [-0.2, -0.15) is 0 Å². The molecular formula is C20H24N4O3. The van der Waals surface area contributed by atoms with Gasteiger partial charge in [0.05, 0.1) is 13.2 Å². The lowest BCUT2D eigenvalue weighted by molar-refractivity contribution is -0.119. The first-order valence-corrected chi connectivity index (χ1v) is 9.49. The van der Waals surface area contributed by atoms with Crippen molar-refractivity contribution in [1.82, 2.24) is 9.55 Å². The normalized spacial score (nSPS) is 16.5. The number of morpholine rings is 1. The highest BCUT2D eigenvalue weighted by molar-refractivity contribution is 5.95. The van der Waals surface area contributed by atoms with Crippen LogP contribution in [-0.4, -0.2) is 48.3 Å². The van der Waals surface area contributed by atoms with Gasteiger partial charge in [0.1, 0.15) is 6.54 Å². The molecule has 0 bridgehead atoms. The maximum absolute atomic E-state index is 13.0. The number of ether oxygens (including phenoxy) is 1. The van der Waals surface area contributed by atoms with Crippen LogP contribution in [0.4, 0.5) is 11.6 Å². The number of hydrogen-bond acceptors (Lipinski definition) is 5. The molecule has 27 heavy (non-hydrogen) atoms. The number of hydrogen-bond donors (Lipinski definition) is 0. The van der Waals surface area contributed by atoms with Crippen LogP contribution in [0, 0.1) is 0 Å². The fourth-order valence-electron chi connectivity index (χ4n) is 3.69. The molecule has 0 spiro atoms. The van der Waals surface area contributed by atoms with E-state index in [-0.39, 0.29) is 18.0 Å². The van der Waals surface area contributed by atoms with Crippen LogP contribution < -0.4 is 15.4 Å². The standard InChI is InChI=1S/C20H24N4O3/c1-2-16-13-18(25)24(20(21-16)22-9-11-27-12-10-22)14-19(26)23-8-7-15-5-3-4-6-17(15)23/h3-6,13H,2,7-12,14H2,1H3. The summed E-state index contributed by atoms with van der Waals surface area (Å²) in [5, 5.41) is 0. The molecule has 0 saturated carbocycles. The van der Waals surface area contributed by atoms with Crippen molar-refractivity contribution in [3.8, 4) is 0 Å². The predicted octanol–water partition coefficient (Wildman–Crippen LogP) is 1.23. The van der Waals surface area contributed by atoms with Crippen molar-refractivity contribution in [2.75, 3.05) is 42.6 Å². The fraction of sp³-hybridized carbons (Fsp3) is 0.450. The van der Waals surface area contributed by atoms with Crippen molar-refractivity contribution >= 4 is 17.5 Å². The summed E-state index contributed by atoms with van der Waals surface area (Å²) in [7, 11) is 0. The number of carbonyl (C=O) groups excluding carboxylic acids is 1. The van der Waals surface area contributed by atoms with E-state index < -0.39 is 0 Å². The molecule has 0 N–H and O–H groups in total. The molecule has 2 aliphatic rings. The first-order valence-electron chi connectivity index (χ1n) is 9.49. The van der Waals surface area contributed by atoms with E-state index in [1.54, 1.807) is 4.90 Å². The third kappa shape index (κ3) is 3.47. The van der Waals surface area contributed by atoms with Gasteiger partial charge in [-0.25, -0.2) is 4.98 Å². The molecule has 1 aromatic carbocycles. The van der Waals surface area contributed by atoms with Gasteiger partial charge in [-0.3, -0.25) is 14.2 Å². The molecule has 0 radical (unpaired) electrons. The van der Waals surface area contributed by atoms with Crippen LogP contribution in [0.25, 0.3) is 0 Å². The first-order chi connectivity index (χ1) is 13.2. The van der Waals surface area contributed by atoms with Gasteiger partial charge in [0.15, 0.2) is 0 Å². The molecule has 142 valence electrons. The highest BCUT2D eigenvalue weighted by Gasteiger charge is 2.26. The van der Waals surface area contributed by atoms with Crippen molar-refractivity contribution in [1.29, 1.82) is 0 Å². The number of fused-ring (bicyclic) bond motifs is 1. The van der Waals surface area contributed by atoms with E-state index in [1.165, 1.54) is 16.2 Å². The van der Waals surface area contributed by atoms with Crippen LogP contribution in [0.5, 0.6) is 0 Å². The Hall–Kier alpha value is -2.67. The maximum atomic E-state index is 13.0. The van der Waals surface area contributed by atoms with Crippen LogP contribution in [0.1, 0.15) is 18.2 Å². The number of amides is 1. The number of carbonyl (C=O) groups is 1. The third-order valence-corrected chi connectivity index (χ3v) is 5.18. The van der Waals surface area contributed by atoms with E-state index in [9.17, 15) is 9.59 Å². The van der Waals surface area contributed by atoms with Crippen molar-refractivity contribution in [2.45, 2.75) is 26.3 Å². The predicted molar refractivity (Wildman–Crippen MR) is 103 cm³/mol. The monoisotopic (exact) mass is 368 g/mol. The average Bonchev–Trinajstić information content (AvgIpc) is 3.14. The van der Waals surface area contributed by atoms with Crippen LogP contribution in [0.15, 0.2) is 35.1 Å². The van der Waals surface area contributed by atoms with E-state index in [4.69, 9.17) is 4.74 Å². The molecule has 4 rings (SSSR count). The fourth-order valence-corrected chi connectivity index (χ4v) is 3.69. The van der Waals surface area contributed by atoms with E-state index in [0.717, 1.165) is 17.8 Å². The zero-order valence-corrected chi connectivity index (χ0v) is 15.6. The molecule has 3 heterocycles. The van der Waals surface area contributed by atoms with Crippen molar-refractivity contribution in [3.63, 3.8) is 0 Å². The zero-order chi connectivity index (χ0) is 18.8. The Morgan fingerprint density at radius 3 is 2.74 bits per heavy atom. The van der Waals surface area contributed by atoms with Gasteiger partial charge in [0.2, 0.25) is 11.9 Å². The van der Waals surface area contributed by atoms with Gasteiger partial charge < -0.3 is 14.5 Å². The Bertz CT molecular complexity index is 902. The number of aryl methyl sites for hydroxylation is 1. The Labute approximate surface area is 158 Å². The molecule has 0 aliphatic carbocycles. The summed E-state index contributed by atoms with van der Waals surface area (Å²) < 4.78 is 6.93. The van der Waals surface area contributed by atoms with Gasteiger partial charge in [-0.1, -0.05) is 25.1 Å². The lowest BCUT2D eigenvalue weighted by Gasteiger charge is -2.30. The smallest absolute Gasteiger partial charge is 0.255 e. The number of rotatable bonds is 4. The first kappa shape index (κ1) is 17.7.